The van der Waals surface area contributed by atoms with E-state index in [0.717, 1.165) is 6.07 Å². The molecule has 1 unspecified atom stereocenters. The molecule has 0 saturated heterocycles. The van der Waals surface area contributed by atoms with Crippen LogP contribution in [0.2, 0.25) is 0 Å². The zero-order valence-electron chi connectivity index (χ0n) is 31.4. The number of rotatable bonds is 18. The SMILES string of the molecule is CCO.CCOC(=O)CCCOc1cc([N+](=O)[O-])c(C(C)=O)cc1OC.CCOC(=O)CCCOc1cc([N+](=O)[O-])c(C(C)O)cc1OC.[B].[H-].[Na+]. The third-order valence-corrected chi connectivity index (χ3v) is 5.99. The van der Waals surface area contributed by atoms with Gasteiger partial charge in [0.05, 0.1) is 79.9 Å². The van der Waals surface area contributed by atoms with Crippen molar-refractivity contribution in [2.75, 3.05) is 47.3 Å². The summed E-state index contributed by atoms with van der Waals surface area (Å²) in [6, 6.07) is 5.02. The monoisotopic (exact) mass is 733 g/mol. The van der Waals surface area contributed by atoms with Crippen LogP contribution in [-0.4, -0.2) is 93.4 Å². The number of aliphatic hydroxyl groups excluding tert-OH is 2. The van der Waals surface area contributed by atoms with E-state index in [4.69, 9.17) is 33.5 Å². The zero-order chi connectivity index (χ0) is 37.5. The first-order valence-electron chi connectivity index (χ1n) is 15.3. The van der Waals surface area contributed by atoms with E-state index in [1.807, 2.05) is 0 Å². The molecule has 0 aliphatic rings. The van der Waals surface area contributed by atoms with Gasteiger partial charge in [-0.1, -0.05) is 0 Å². The van der Waals surface area contributed by atoms with E-state index in [2.05, 4.69) is 0 Å². The van der Waals surface area contributed by atoms with Crippen molar-refractivity contribution in [1.82, 2.24) is 0 Å². The van der Waals surface area contributed by atoms with Crippen LogP contribution in [0.1, 0.15) is 83.8 Å². The first kappa shape index (κ1) is 51.4. The molecule has 51 heavy (non-hydrogen) atoms. The second kappa shape index (κ2) is 28.7. The maximum absolute atomic E-state index is 11.5. The number of nitro benzene ring substituents is 2. The second-order valence-electron chi connectivity index (χ2n) is 9.66. The summed E-state index contributed by atoms with van der Waals surface area (Å²) in [6.45, 7) is 9.01. The van der Waals surface area contributed by atoms with Gasteiger partial charge < -0.3 is 40.1 Å². The number of benzene rings is 2. The minimum atomic E-state index is -1.01. The number of Topliss-reactive ketones (excluding diaryl/α,β-unsaturated/α-hetero) is 1. The quantitative estimate of drug-likeness (QED) is 0.0554. The molecule has 0 aliphatic carbocycles. The van der Waals surface area contributed by atoms with Gasteiger partial charge in [-0.25, -0.2) is 0 Å². The smallest absolute Gasteiger partial charge is 1.00 e. The van der Waals surface area contributed by atoms with Crippen molar-refractivity contribution in [3.63, 3.8) is 0 Å². The van der Waals surface area contributed by atoms with Gasteiger partial charge in [-0.3, -0.25) is 34.6 Å². The fraction of sp³-hybridized carbons (Fsp3) is 0.531. The largest absolute Gasteiger partial charge is 1.00 e. The van der Waals surface area contributed by atoms with Gasteiger partial charge in [0, 0.05) is 33.9 Å². The van der Waals surface area contributed by atoms with Crippen molar-refractivity contribution < 1.29 is 93.8 Å². The maximum Gasteiger partial charge on any atom is 1.00 e. The molecule has 2 N–H and O–H groups in total. The molecule has 0 aliphatic heterocycles. The van der Waals surface area contributed by atoms with Crippen molar-refractivity contribution in [2.24, 2.45) is 0 Å². The van der Waals surface area contributed by atoms with Crippen LogP contribution in [0.5, 0.6) is 23.0 Å². The average molecular weight is 734 g/mol. The van der Waals surface area contributed by atoms with Crippen LogP contribution < -0.4 is 48.5 Å². The topological polar surface area (TPSA) is 233 Å². The van der Waals surface area contributed by atoms with Gasteiger partial charge in [0.1, 0.15) is 0 Å². The zero-order valence-corrected chi connectivity index (χ0v) is 32.4. The Kier molecular flexibility index (Phi) is 28.9. The standard InChI is InChI=1S/C15H21NO7.C15H19NO7.C2H6O.B.Na.H/c2*1-4-22-15(18)6-5-7-23-14-9-12(16(19)20)11(10(2)17)8-13(14)21-3;1-2-3;;;/h8-10,17H,4-7H2,1-3H3;8-9H,4-7H2,1-3H3;3H,2H2,1H3;;;/q;;;;+1;-1. The van der Waals surface area contributed by atoms with Gasteiger partial charge in [0.2, 0.25) is 0 Å². The molecule has 0 aromatic heterocycles. The Morgan fingerprint density at radius 1 is 0.784 bits per heavy atom. The van der Waals surface area contributed by atoms with Crippen molar-refractivity contribution in [1.29, 1.82) is 0 Å². The number of ketones is 1. The minimum Gasteiger partial charge on any atom is -1.00 e. The Balaban J connectivity index is -0.000000390. The Morgan fingerprint density at radius 2 is 1.18 bits per heavy atom. The molecule has 2 rings (SSSR count). The summed E-state index contributed by atoms with van der Waals surface area (Å²) in [5, 5.41) is 39.4. The summed E-state index contributed by atoms with van der Waals surface area (Å²) >= 11 is 0. The van der Waals surface area contributed by atoms with E-state index < -0.39 is 21.7 Å². The molecule has 1 atom stereocenters. The summed E-state index contributed by atoms with van der Waals surface area (Å²) in [4.78, 5) is 54.9. The van der Waals surface area contributed by atoms with Gasteiger partial charge in [0.15, 0.2) is 28.8 Å². The number of carbonyl (C=O) groups excluding carboxylic acids is 3. The molecule has 0 fully saturated rings. The van der Waals surface area contributed by atoms with Crippen molar-refractivity contribution in [2.45, 2.75) is 66.4 Å². The normalized spacial score (nSPS) is 10.1. The van der Waals surface area contributed by atoms with Gasteiger partial charge in [0.25, 0.3) is 11.4 Å². The molecule has 0 spiro atoms. The molecule has 17 nitrogen and oxygen atoms in total. The van der Waals surface area contributed by atoms with Gasteiger partial charge in [-0.2, -0.15) is 0 Å². The van der Waals surface area contributed by atoms with Crippen LogP contribution in [0.25, 0.3) is 0 Å². The van der Waals surface area contributed by atoms with E-state index in [-0.39, 0.29) is 129 Å². The maximum atomic E-state index is 11.5. The number of aliphatic hydroxyl groups is 2. The Morgan fingerprint density at radius 3 is 1.51 bits per heavy atom. The fourth-order valence-corrected chi connectivity index (χ4v) is 3.85. The summed E-state index contributed by atoms with van der Waals surface area (Å²) in [5.41, 5.74) is -0.503. The van der Waals surface area contributed by atoms with Gasteiger partial charge >= 0.3 is 41.5 Å². The summed E-state index contributed by atoms with van der Waals surface area (Å²) in [6.07, 6.45) is 0.175. The first-order valence-corrected chi connectivity index (χ1v) is 15.3. The molecule has 0 heterocycles. The average Bonchev–Trinajstić information content (AvgIpc) is 3.05. The molecule has 2 aromatic carbocycles. The van der Waals surface area contributed by atoms with Crippen LogP contribution in [0.3, 0.4) is 0 Å². The van der Waals surface area contributed by atoms with Crippen LogP contribution >= 0.6 is 0 Å². The summed E-state index contributed by atoms with van der Waals surface area (Å²) < 4.78 is 30.7. The number of nitro groups is 2. The van der Waals surface area contributed by atoms with Crippen LogP contribution in [0, 0.1) is 20.2 Å². The Bertz CT molecular complexity index is 1400. The third kappa shape index (κ3) is 19.3. The predicted molar refractivity (Wildman–Crippen MR) is 182 cm³/mol. The number of hydrogen-bond donors (Lipinski definition) is 2. The van der Waals surface area contributed by atoms with E-state index in [9.17, 15) is 39.7 Å². The van der Waals surface area contributed by atoms with Crippen molar-refractivity contribution >= 4 is 37.5 Å². The molecule has 2 aromatic rings. The molecular formula is C32H47BN2NaO15. The van der Waals surface area contributed by atoms with E-state index >= 15 is 0 Å². The number of esters is 2. The molecule has 3 radical (unpaired) electrons. The molecular weight excluding hydrogens is 686 g/mol. The van der Waals surface area contributed by atoms with E-state index in [0.29, 0.717) is 26.1 Å². The number of carbonyl (C=O) groups is 3. The van der Waals surface area contributed by atoms with E-state index in [1.54, 1.807) is 20.8 Å². The molecule has 19 heteroatoms. The summed E-state index contributed by atoms with van der Waals surface area (Å²) in [7, 11) is 2.77. The second-order valence-corrected chi connectivity index (χ2v) is 9.66. The summed E-state index contributed by atoms with van der Waals surface area (Å²) in [5.74, 6) is -0.261. The van der Waals surface area contributed by atoms with E-state index in [1.165, 1.54) is 46.3 Å². The Hall–Kier alpha value is -3.97. The number of ether oxygens (including phenoxy) is 6. The number of hydrogen-bond acceptors (Lipinski definition) is 15. The van der Waals surface area contributed by atoms with Crippen LogP contribution in [0.4, 0.5) is 11.4 Å². The first-order chi connectivity index (χ1) is 23.2. The molecule has 0 bridgehead atoms. The predicted octanol–water partition coefficient (Wildman–Crippen LogP) is 1.64. The minimum absolute atomic E-state index is 0. The third-order valence-electron chi connectivity index (χ3n) is 5.99. The van der Waals surface area contributed by atoms with Crippen LogP contribution in [-0.2, 0) is 19.1 Å². The van der Waals surface area contributed by atoms with Crippen molar-refractivity contribution in [3.8, 4) is 23.0 Å². The molecule has 279 valence electrons. The Labute approximate surface area is 322 Å². The van der Waals surface area contributed by atoms with Crippen LogP contribution in [0.15, 0.2) is 24.3 Å². The molecule has 0 saturated carbocycles. The fourth-order valence-electron chi connectivity index (χ4n) is 3.85. The number of methoxy groups -OCH3 is 2. The van der Waals surface area contributed by atoms with Crippen molar-refractivity contribution in [3.05, 3.63) is 55.6 Å². The van der Waals surface area contributed by atoms with Gasteiger partial charge in [-0.15, -0.1) is 0 Å². The molecule has 0 amide bonds. The number of nitrogens with zero attached hydrogens (tertiary/aromatic N) is 2. The van der Waals surface area contributed by atoms with Gasteiger partial charge in [-0.05, 0) is 53.5 Å².